The van der Waals surface area contributed by atoms with Crippen molar-refractivity contribution < 1.29 is 159 Å². The van der Waals surface area contributed by atoms with Crippen molar-refractivity contribution in [3.63, 3.8) is 0 Å². The molecule has 0 radical (unpaired) electrons. The molecule has 5 saturated heterocycles. The molecule has 36 atom stereocenters. The minimum absolute atomic E-state index is 0.122. The summed E-state index contributed by atoms with van der Waals surface area (Å²) >= 11 is 0. The Morgan fingerprint density at radius 2 is 0.978 bits per heavy atom. The molecule has 20 N–H and O–H groups in total. The topological polar surface area (TPSA) is 523 Å². The summed E-state index contributed by atoms with van der Waals surface area (Å²) in [6.45, 7) is 3.68. The molecule has 10 rings (SSSR count). The van der Waals surface area contributed by atoms with Gasteiger partial charge < -0.3 is 154 Å². The van der Waals surface area contributed by atoms with E-state index in [0.717, 1.165) is 0 Å². The fraction of sp³-hybridized carbons (Fsp3) is 0.947. The van der Waals surface area contributed by atoms with Crippen molar-refractivity contribution in [3.8, 4) is 0 Å². The molecular formula is C57H92O32. The zero-order chi connectivity index (χ0) is 64.7. The smallest absolute Gasteiger partial charge is 0.314 e. The van der Waals surface area contributed by atoms with E-state index >= 15 is 4.79 Å². The predicted octanol–water partition coefficient (Wildman–Crippen LogP) is -8.80. The lowest BCUT2D eigenvalue weighted by atomic mass is 9.41. The molecule has 5 saturated carbocycles. The summed E-state index contributed by atoms with van der Waals surface area (Å²) in [5.41, 5.74) is -3.04. The molecule has 0 amide bonds. The fourth-order valence-electron chi connectivity index (χ4n) is 16.8. The summed E-state index contributed by atoms with van der Waals surface area (Å²) in [4.78, 5) is 15.4. The number of rotatable bonds is 18. The first-order chi connectivity index (χ1) is 42.1. The molecule has 1 spiro atoms. The van der Waals surface area contributed by atoms with Crippen molar-refractivity contribution in [1.29, 1.82) is 0 Å². The van der Waals surface area contributed by atoms with Gasteiger partial charge in [-0.1, -0.05) is 19.9 Å². The first-order valence-corrected chi connectivity index (χ1v) is 30.8. The Labute approximate surface area is 511 Å². The van der Waals surface area contributed by atoms with Crippen molar-refractivity contribution in [3.05, 3.63) is 12.2 Å². The third-order valence-corrected chi connectivity index (χ3v) is 21.8. The van der Waals surface area contributed by atoms with Crippen LogP contribution in [0.15, 0.2) is 12.2 Å². The van der Waals surface area contributed by atoms with Crippen LogP contribution in [0.3, 0.4) is 0 Å². The van der Waals surface area contributed by atoms with Gasteiger partial charge in [-0.25, -0.2) is 0 Å². The van der Waals surface area contributed by atoms with Crippen LogP contribution in [-0.2, 0) is 56.9 Å². The van der Waals surface area contributed by atoms with Gasteiger partial charge in [-0.3, -0.25) is 4.79 Å². The Hall–Kier alpha value is -1.99. The lowest BCUT2D eigenvalue weighted by Crippen LogP contribution is -2.67. The van der Waals surface area contributed by atoms with Crippen molar-refractivity contribution >= 4 is 5.97 Å². The number of fused-ring (bicyclic) bond motifs is 3. The summed E-state index contributed by atoms with van der Waals surface area (Å²) in [6, 6.07) is 0. The van der Waals surface area contributed by atoms with Crippen molar-refractivity contribution in [2.24, 2.45) is 34.0 Å². The van der Waals surface area contributed by atoms with Gasteiger partial charge >= 0.3 is 5.97 Å². The average Bonchev–Trinajstić information content (AvgIpc) is 1.59. The Balaban J connectivity index is 0.902. The van der Waals surface area contributed by atoms with E-state index < -0.39 is 257 Å². The summed E-state index contributed by atoms with van der Waals surface area (Å²) in [5.74, 6) is -2.34. The number of hydrogen-bond acceptors (Lipinski definition) is 32. The highest BCUT2D eigenvalue weighted by Crippen LogP contribution is 2.74. The van der Waals surface area contributed by atoms with Crippen LogP contribution in [0.1, 0.15) is 78.1 Å². The van der Waals surface area contributed by atoms with Crippen LogP contribution in [0.5, 0.6) is 0 Å². The van der Waals surface area contributed by atoms with Crippen LogP contribution >= 0.6 is 0 Å². The summed E-state index contributed by atoms with van der Waals surface area (Å²) in [6.07, 6.45) is -47.8. The number of aliphatic hydroxyl groups is 20. The fourth-order valence-corrected chi connectivity index (χ4v) is 16.8. The first-order valence-electron chi connectivity index (χ1n) is 30.8. The molecule has 10 fully saturated rings. The van der Waals surface area contributed by atoms with E-state index in [-0.39, 0.29) is 25.2 Å². The second kappa shape index (κ2) is 27.3. The highest BCUT2D eigenvalue weighted by Gasteiger charge is 2.70. The highest BCUT2D eigenvalue weighted by molar-refractivity contribution is 5.77. The minimum Gasteiger partial charge on any atom is -0.432 e. The number of esters is 1. The van der Waals surface area contributed by atoms with E-state index in [1.54, 1.807) is 6.92 Å². The van der Waals surface area contributed by atoms with Gasteiger partial charge in [0, 0.05) is 12.5 Å². The number of ether oxygens (including phenoxy) is 11. The highest BCUT2D eigenvalue weighted by atomic mass is 16.8. The Bertz CT molecular complexity index is 2390. The normalized spacial score (nSPS) is 54.5. The van der Waals surface area contributed by atoms with E-state index in [4.69, 9.17) is 52.1 Å². The van der Waals surface area contributed by atoms with E-state index in [9.17, 15) is 102 Å². The zero-order valence-electron chi connectivity index (χ0n) is 49.3. The van der Waals surface area contributed by atoms with Crippen LogP contribution < -0.4 is 0 Å². The number of carbonyl (C=O) groups excluding carboxylic acids is 1. The molecule has 0 aromatic heterocycles. The van der Waals surface area contributed by atoms with Crippen molar-refractivity contribution in [1.82, 2.24) is 0 Å². The van der Waals surface area contributed by atoms with Crippen LogP contribution in [0, 0.1) is 34.0 Å². The van der Waals surface area contributed by atoms with E-state index in [2.05, 4.69) is 13.5 Å². The number of aliphatic hydroxyl groups excluding tert-OH is 20. The van der Waals surface area contributed by atoms with Gasteiger partial charge in [0.1, 0.15) is 128 Å². The molecule has 0 aromatic rings. The number of hydrogen-bond donors (Lipinski definition) is 20. The molecule has 5 aliphatic carbocycles. The lowest BCUT2D eigenvalue weighted by Gasteiger charge is -2.64. The Morgan fingerprint density at radius 3 is 1.55 bits per heavy atom. The minimum atomic E-state index is -2.07. The summed E-state index contributed by atoms with van der Waals surface area (Å²) < 4.78 is 66.9. The maximum atomic E-state index is 15.4. The predicted molar refractivity (Wildman–Crippen MR) is 288 cm³/mol. The molecule has 0 aromatic carbocycles. The second-order valence-electron chi connectivity index (χ2n) is 27.0. The first kappa shape index (κ1) is 69.8. The standard InChI is InChI=1S/C57H92O32/c1-20-12-56-9-5-28-54(2,7-4-8-55(28,3)53(78)88-51-47(87-50-44(77)40(73)34(67)25(16-61)83-50)45(36(69)26(17-62)84-51)86-49-43(76)39(72)33(66)24(15-60)82-49)29(56)6-10-57(20,19-56)89-52-46(80-22-11-21(13-58)30(63)37(70)31(22)64)41(74)35(68)27(85-52)18-79-48-42(75)38(71)32(65)23(14-59)81-48/h21-52,58-77H,1,4-19H2,2-3H3/t21?,22?,23?,24?,25?,26?,27?,28?,29-,30?,31?,32?,33?,34?,35?,36?,37?,38?,39?,40?,41?,42?,43?,44?,45?,46?,47?,48?,49?,50?,51?,52?,54+,55+,56+,57?/m0/s1. The second-order valence-corrected chi connectivity index (χ2v) is 27.0. The Morgan fingerprint density at radius 1 is 0.483 bits per heavy atom. The molecule has 32 nitrogen and oxygen atoms in total. The molecule has 32 unspecified atom stereocenters. The lowest BCUT2D eigenvalue weighted by molar-refractivity contribution is -0.389. The average molecular weight is 1290 g/mol. The van der Waals surface area contributed by atoms with Gasteiger partial charge in [-0.15, -0.1) is 0 Å². The van der Waals surface area contributed by atoms with E-state index in [1.807, 2.05) is 0 Å². The molecule has 2 bridgehead atoms. The third-order valence-electron chi connectivity index (χ3n) is 21.8. The van der Waals surface area contributed by atoms with E-state index in [0.29, 0.717) is 50.5 Å². The van der Waals surface area contributed by atoms with Gasteiger partial charge in [-0.2, -0.15) is 0 Å². The molecule has 5 aliphatic heterocycles. The van der Waals surface area contributed by atoms with Gasteiger partial charge in [0.15, 0.2) is 31.3 Å². The summed E-state index contributed by atoms with van der Waals surface area (Å²) in [5, 5.41) is 215. The molecular weight excluding hydrogens is 1200 g/mol. The molecule has 10 aliphatic rings. The van der Waals surface area contributed by atoms with Gasteiger partial charge in [0.2, 0.25) is 6.29 Å². The third kappa shape index (κ3) is 12.4. The van der Waals surface area contributed by atoms with Crippen molar-refractivity contribution in [2.45, 2.75) is 262 Å². The molecule has 89 heavy (non-hydrogen) atoms. The Kier molecular flexibility index (Phi) is 21.4. The quantitative estimate of drug-likeness (QED) is 0.0344. The maximum absolute atomic E-state index is 15.4. The monoisotopic (exact) mass is 1290 g/mol. The SMILES string of the molecule is C=C1C[C@@]23CCC4[C@](C)(C(=O)OC5OC(CO)C(O)C(OC6OC(CO)C(O)C(O)C6O)C5OC5OC(CO)C(O)C(O)C5O)CCC[C@@]4(C)[C@@H]2CCC1(OC1OC(COC2OC(CO)C(O)C(O)C2O)C(O)C(O)C1OC1CC(CO)C(O)C(O)C1O)C3. The van der Waals surface area contributed by atoms with Crippen LogP contribution in [-0.4, -0.2) is 331 Å². The van der Waals surface area contributed by atoms with Crippen molar-refractivity contribution in [2.75, 3.05) is 39.6 Å². The molecule has 5 heterocycles. The van der Waals surface area contributed by atoms with Crippen LogP contribution in [0.4, 0.5) is 0 Å². The van der Waals surface area contributed by atoms with Gasteiger partial charge in [0.05, 0.1) is 56.3 Å². The van der Waals surface area contributed by atoms with Gasteiger partial charge in [0.25, 0.3) is 0 Å². The molecule has 32 heteroatoms. The van der Waals surface area contributed by atoms with Crippen LogP contribution in [0.25, 0.3) is 0 Å². The maximum Gasteiger partial charge on any atom is 0.314 e. The largest absolute Gasteiger partial charge is 0.432 e. The van der Waals surface area contributed by atoms with Gasteiger partial charge in [-0.05, 0) is 93.0 Å². The van der Waals surface area contributed by atoms with Crippen LogP contribution in [0.2, 0.25) is 0 Å². The zero-order valence-corrected chi connectivity index (χ0v) is 49.3. The number of carbonyl (C=O) groups is 1. The van der Waals surface area contributed by atoms with E-state index in [1.165, 1.54) is 0 Å². The summed E-state index contributed by atoms with van der Waals surface area (Å²) in [7, 11) is 0. The molecule has 512 valence electrons.